The third-order valence-corrected chi connectivity index (χ3v) is 6.02. The third kappa shape index (κ3) is 5.19. The third-order valence-electron chi connectivity index (χ3n) is 3.90. The van der Waals surface area contributed by atoms with Crippen LogP contribution in [0.4, 0.5) is 0 Å². The molecule has 0 aliphatic carbocycles. The summed E-state index contributed by atoms with van der Waals surface area (Å²) in [5.41, 5.74) is 1.23. The lowest BCUT2D eigenvalue weighted by molar-refractivity contribution is 0.210. The molecule has 8 heteroatoms. The highest BCUT2D eigenvalue weighted by Gasteiger charge is 2.19. The summed E-state index contributed by atoms with van der Waals surface area (Å²) in [6.07, 6.45) is -0.310. The van der Waals surface area contributed by atoms with Gasteiger partial charge >= 0.3 is 0 Å². The molecule has 142 valence electrons. The van der Waals surface area contributed by atoms with Gasteiger partial charge in [0.05, 0.1) is 5.02 Å². The van der Waals surface area contributed by atoms with E-state index >= 15 is 0 Å². The van der Waals surface area contributed by atoms with E-state index in [2.05, 4.69) is 49.8 Å². The second-order valence-electron chi connectivity index (χ2n) is 5.83. The molecule has 0 aliphatic heterocycles. The lowest BCUT2D eigenvalue weighted by Crippen LogP contribution is -2.12. The molecule has 3 aromatic rings. The van der Waals surface area contributed by atoms with E-state index in [9.17, 15) is 0 Å². The molecule has 0 spiro atoms. The monoisotopic (exact) mass is 485 g/mol. The Bertz CT molecular complexity index is 918. The zero-order valence-corrected chi connectivity index (χ0v) is 18.7. The smallest absolute Gasteiger partial charge is 0.191 e. The van der Waals surface area contributed by atoms with Gasteiger partial charge in [0.1, 0.15) is 5.75 Å². The van der Waals surface area contributed by atoms with Gasteiger partial charge in [0.15, 0.2) is 17.1 Å². The van der Waals surface area contributed by atoms with Crippen molar-refractivity contribution in [2.45, 2.75) is 37.4 Å². The SMILES string of the molecule is CCn1c(SCc2ccc(Br)cc2)nnc1C(C)Oc1cc(Cl)ccc1Cl. The Labute approximate surface area is 181 Å². The van der Waals surface area contributed by atoms with Crippen LogP contribution in [0.2, 0.25) is 10.0 Å². The Morgan fingerprint density at radius 3 is 2.59 bits per heavy atom. The zero-order chi connectivity index (χ0) is 19.4. The van der Waals surface area contributed by atoms with Gasteiger partial charge in [-0.15, -0.1) is 10.2 Å². The minimum absolute atomic E-state index is 0.310. The predicted molar refractivity (Wildman–Crippen MR) is 115 cm³/mol. The summed E-state index contributed by atoms with van der Waals surface area (Å²) in [6.45, 7) is 4.74. The molecule has 2 aromatic carbocycles. The number of benzene rings is 2. The van der Waals surface area contributed by atoms with E-state index in [0.29, 0.717) is 15.8 Å². The predicted octanol–water partition coefficient (Wildman–Crippen LogP) is 6.80. The van der Waals surface area contributed by atoms with Gasteiger partial charge in [0.2, 0.25) is 0 Å². The van der Waals surface area contributed by atoms with Crippen LogP contribution < -0.4 is 4.74 Å². The minimum atomic E-state index is -0.310. The fourth-order valence-electron chi connectivity index (χ4n) is 2.54. The molecular weight excluding hydrogens is 469 g/mol. The number of aromatic nitrogens is 3. The molecule has 0 bridgehead atoms. The Balaban J connectivity index is 1.74. The van der Waals surface area contributed by atoms with Crippen molar-refractivity contribution >= 4 is 50.9 Å². The van der Waals surface area contributed by atoms with Crippen LogP contribution in [0.25, 0.3) is 0 Å². The number of nitrogens with zero attached hydrogens (tertiary/aromatic N) is 3. The van der Waals surface area contributed by atoms with Gasteiger partial charge in [-0.2, -0.15) is 0 Å². The molecule has 3 rings (SSSR count). The fourth-order valence-corrected chi connectivity index (χ4v) is 4.10. The molecule has 0 saturated heterocycles. The average Bonchev–Trinajstić information content (AvgIpc) is 3.07. The highest BCUT2D eigenvalue weighted by atomic mass is 79.9. The normalized spacial score (nSPS) is 12.2. The zero-order valence-electron chi connectivity index (χ0n) is 14.8. The van der Waals surface area contributed by atoms with Gasteiger partial charge in [0, 0.05) is 27.9 Å². The van der Waals surface area contributed by atoms with Crippen molar-refractivity contribution in [1.82, 2.24) is 14.8 Å². The summed E-state index contributed by atoms with van der Waals surface area (Å²) < 4.78 is 9.12. The first-order valence-electron chi connectivity index (χ1n) is 8.40. The first-order valence-corrected chi connectivity index (χ1v) is 10.9. The highest BCUT2D eigenvalue weighted by molar-refractivity contribution is 9.10. The number of hydrogen-bond acceptors (Lipinski definition) is 4. The Morgan fingerprint density at radius 2 is 1.89 bits per heavy atom. The Morgan fingerprint density at radius 1 is 1.15 bits per heavy atom. The van der Waals surface area contributed by atoms with Gasteiger partial charge in [0.25, 0.3) is 0 Å². The van der Waals surface area contributed by atoms with E-state index in [1.165, 1.54) is 5.56 Å². The molecule has 1 atom stereocenters. The van der Waals surface area contributed by atoms with Crippen LogP contribution in [-0.4, -0.2) is 14.8 Å². The van der Waals surface area contributed by atoms with Crippen molar-refractivity contribution in [3.8, 4) is 5.75 Å². The van der Waals surface area contributed by atoms with Crippen molar-refractivity contribution in [3.05, 3.63) is 68.4 Å². The molecular formula is C19H18BrCl2N3OS. The molecule has 0 saturated carbocycles. The Kier molecular flexibility index (Phi) is 7.09. The van der Waals surface area contributed by atoms with Crippen LogP contribution in [0.5, 0.6) is 5.75 Å². The van der Waals surface area contributed by atoms with Crippen molar-refractivity contribution in [2.75, 3.05) is 0 Å². The van der Waals surface area contributed by atoms with E-state index in [4.69, 9.17) is 27.9 Å². The highest BCUT2D eigenvalue weighted by Crippen LogP contribution is 2.32. The van der Waals surface area contributed by atoms with Gasteiger partial charge in [-0.1, -0.05) is 63.0 Å². The molecule has 1 aromatic heterocycles. The second kappa shape index (κ2) is 9.32. The fraction of sp³-hybridized carbons (Fsp3) is 0.263. The maximum atomic E-state index is 6.20. The lowest BCUT2D eigenvalue weighted by atomic mass is 10.2. The summed E-state index contributed by atoms with van der Waals surface area (Å²) in [4.78, 5) is 0. The number of hydrogen-bond donors (Lipinski definition) is 0. The van der Waals surface area contributed by atoms with Crippen LogP contribution in [0, 0.1) is 0 Å². The summed E-state index contributed by atoms with van der Waals surface area (Å²) in [5.74, 6) is 2.11. The van der Waals surface area contributed by atoms with E-state index in [1.807, 2.05) is 19.1 Å². The van der Waals surface area contributed by atoms with Gasteiger partial charge in [-0.25, -0.2) is 0 Å². The van der Waals surface area contributed by atoms with Crippen molar-refractivity contribution in [1.29, 1.82) is 0 Å². The van der Waals surface area contributed by atoms with E-state index in [0.717, 1.165) is 27.8 Å². The van der Waals surface area contributed by atoms with E-state index < -0.39 is 0 Å². The van der Waals surface area contributed by atoms with E-state index in [1.54, 1.807) is 30.0 Å². The Hall–Kier alpha value is -1.21. The van der Waals surface area contributed by atoms with Crippen LogP contribution >= 0.6 is 50.9 Å². The molecule has 1 heterocycles. The second-order valence-corrected chi connectivity index (χ2v) is 8.54. The largest absolute Gasteiger partial charge is 0.481 e. The van der Waals surface area contributed by atoms with Crippen LogP contribution in [0.3, 0.4) is 0 Å². The molecule has 0 fully saturated rings. The first kappa shape index (κ1) is 20.5. The molecule has 0 aliphatic rings. The van der Waals surface area contributed by atoms with Crippen LogP contribution in [-0.2, 0) is 12.3 Å². The summed E-state index contributed by atoms with van der Waals surface area (Å²) in [6, 6.07) is 13.4. The molecule has 1 unspecified atom stereocenters. The van der Waals surface area contributed by atoms with Crippen molar-refractivity contribution in [2.24, 2.45) is 0 Å². The number of halogens is 3. The number of rotatable bonds is 7. The van der Waals surface area contributed by atoms with E-state index in [-0.39, 0.29) is 6.10 Å². The molecule has 4 nitrogen and oxygen atoms in total. The van der Waals surface area contributed by atoms with Crippen LogP contribution in [0.1, 0.15) is 31.3 Å². The molecule has 0 N–H and O–H groups in total. The molecule has 0 radical (unpaired) electrons. The topological polar surface area (TPSA) is 39.9 Å². The summed E-state index contributed by atoms with van der Waals surface area (Å²) in [7, 11) is 0. The van der Waals surface area contributed by atoms with Crippen LogP contribution in [0.15, 0.2) is 52.1 Å². The lowest BCUT2D eigenvalue weighted by Gasteiger charge is -2.16. The standard InChI is InChI=1S/C19H18BrCl2N3OS/c1-3-25-18(12(2)26-17-10-15(21)8-9-16(17)22)23-24-19(25)27-11-13-4-6-14(20)7-5-13/h4-10,12H,3,11H2,1-2H3. The summed E-state index contributed by atoms with van der Waals surface area (Å²) >= 11 is 17.3. The first-order chi connectivity index (χ1) is 13.0. The summed E-state index contributed by atoms with van der Waals surface area (Å²) in [5, 5.41) is 10.6. The minimum Gasteiger partial charge on any atom is -0.481 e. The van der Waals surface area contributed by atoms with Gasteiger partial charge in [-0.05, 0) is 43.7 Å². The quantitative estimate of drug-likeness (QED) is 0.344. The van der Waals surface area contributed by atoms with Crippen molar-refractivity contribution in [3.63, 3.8) is 0 Å². The van der Waals surface area contributed by atoms with Gasteiger partial charge < -0.3 is 9.30 Å². The molecule has 0 amide bonds. The number of thioether (sulfide) groups is 1. The molecule has 27 heavy (non-hydrogen) atoms. The van der Waals surface area contributed by atoms with Gasteiger partial charge in [-0.3, -0.25) is 0 Å². The maximum Gasteiger partial charge on any atom is 0.191 e. The average molecular weight is 487 g/mol. The van der Waals surface area contributed by atoms with Crippen molar-refractivity contribution < 1.29 is 4.74 Å². The maximum absolute atomic E-state index is 6.20. The number of ether oxygens (including phenoxy) is 1.